The second-order valence-corrected chi connectivity index (χ2v) is 7.51. The number of hydrazine groups is 1. The van der Waals surface area contributed by atoms with Crippen LogP contribution in [-0.4, -0.2) is 58.0 Å². The Morgan fingerprint density at radius 1 is 0.973 bits per heavy atom. The monoisotopic (exact) mass is 517 g/mol. The summed E-state index contributed by atoms with van der Waals surface area (Å²) in [5.74, 6) is 0.868. The van der Waals surface area contributed by atoms with E-state index in [1.807, 2.05) is 5.43 Å². The summed E-state index contributed by atoms with van der Waals surface area (Å²) in [6, 6.07) is 7.27. The summed E-state index contributed by atoms with van der Waals surface area (Å²) < 4.78 is 26.8. The van der Waals surface area contributed by atoms with Crippen LogP contribution < -0.4 is 40.6 Å². The van der Waals surface area contributed by atoms with Gasteiger partial charge in [0.15, 0.2) is 40.0 Å². The van der Waals surface area contributed by atoms with Gasteiger partial charge in [0.25, 0.3) is 0 Å². The van der Waals surface area contributed by atoms with E-state index in [-0.39, 0.29) is 30.4 Å². The number of nitrogens with zero attached hydrogens (tertiary/aromatic N) is 2. The summed E-state index contributed by atoms with van der Waals surface area (Å²) in [6.07, 6.45) is 3.96. The van der Waals surface area contributed by atoms with E-state index >= 15 is 0 Å². The molecule has 2 aromatic carbocycles. The van der Waals surface area contributed by atoms with Crippen LogP contribution in [0.4, 0.5) is 0 Å². The maximum absolute atomic E-state index is 12.7. The molecule has 0 aliphatic heterocycles. The third-order valence-corrected chi connectivity index (χ3v) is 5.04. The average molecular weight is 518 g/mol. The van der Waals surface area contributed by atoms with Gasteiger partial charge >= 0.3 is 5.97 Å². The normalized spacial score (nSPS) is 11.4. The summed E-state index contributed by atoms with van der Waals surface area (Å²) >= 11 is 0. The van der Waals surface area contributed by atoms with E-state index in [1.54, 1.807) is 42.5 Å². The van der Waals surface area contributed by atoms with Gasteiger partial charge in [-0.15, -0.1) is 5.43 Å². The van der Waals surface area contributed by atoms with E-state index < -0.39 is 17.0 Å². The molecule has 2 aromatic rings. The zero-order valence-electron chi connectivity index (χ0n) is 21.1. The van der Waals surface area contributed by atoms with Crippen molar-refractivity contribution < 1.29 is 33.5 Å². The first-order valence-corrected chi connectivity index (χ1v) is 11.1. The first kappa shape index (κ1) is 28.6. The number of aliphatic imine (C=N–C) groups is 1. The minimum Gasteiger partial charge on any atom is -0.493 e. The summed E-state index contributed by atoms with van der Waals surface area (Å²) in [5, 5.41) is 10.2. The molecule has 0 aromatic heterocycles. The maximum Gasteiger partial charge on any atom is 0.340 e. The molecule has 0 unspecified atom stereocenters. The average Bonchev–Trinajstić information content (AvgIpc) is 2.88. The fraction of sp³-hybridized carbons (Fsp3) is 0.333. The van der Waals surface area contributed by atoms with Gasteiger partial charge in [-0.1, -0.05) is 18.2 Å². The summed E-state index contributed by atoms with van der Waals surface area (Å²) in [4.78, 5) is 27.6. The summed E-state index contributed by atoms with van der Waals surface area (Å²) in [7, 11) is 5.99. The fourth-order valence-corrected chi connectivity index (χ4v) is 3.31. The lowest BCUT2D eigenvalue weighted by atomic mass is 10.1. The SMILES string of the molecule is COc1ccc(C=Cc2cc(OC)c(OC)c(OC)c2)cc1OC(=O)[C@H](CCCN=C(N)N)N[N+](=O)[O-]. The number of carbonyl (C=O) groups excluding carboxylic acids is 1. The lowest BCUT2D eigenvalue weighted by Crippen LogP contribution is -2.42. The number of methoxy groups -OCH3 is 4. The molecule has 37 heavy (non-hydrogen) atoms. The first-order valence-electron chi connectivity index (χ1n) is 11.1. The summed E-state index contributed by atoms with van der Waals surface area (Å²) in [5.41, 5.74) is 14.0. The van der Waals surface area contributed by atoms with E-state index in [0.29, 0.717) is 29.2 Å². The van der Waals surface area contributed by atoms with Crippen LogP contribution in [-0.2, 0) is 4.79 Å². The third-order valence-electron chi connectivity index (χ3n) is 5.04. The van der Waals surface area contributed by atoms with E-state index in [4.69, 9.17) is 35.2 Å². The quantitative estimate of drug-likeness (QED) is 0.0487. The van der Waals surface area contributed by atoms with Crippen LogP contribution in [0.25, 0.3) is 12.2 Å². The van der Waals surface area contributed by atoms with Crippen molar-refractivity contribution in [2.45, 2.75) is 18.9 Å². The molecule has 0 saturated heterocycles. The number of hydrogen-bond acceptors (Lipinski definition) is 9. The lowest BCUT2D eigenvalue weighted by Gasteiger charge is -2.15. The number of carbonyl (C=O) groups is 1. The Bertz CT molecular complexity index is 1120. The summed E-state index contributed by atoms with van der Waals surface area (Å²) in [6.45, 7) is 0.204. The highest BCUT2D eigenvalue weighted by molar-refractivity contribution is 5.80. The van der Waals surface area contributed by atoms with Crippen LogP contribution in [0.5, 0.6) is 28.7 Å². The van der Waals surface area contributed by atoms with Crippen LogP contribution in [0.2, 0.25) is 0 Å². The zero-order valence-corrected chi connectivity index (χ0v) is 21.1. The number of guanidine groups is 1. The predicted octanol–water partition coefficient (Wildman–Crippen LogP) is 2.00. The van der Waals surface area contributed by atoms with Crippen molar-refractivity contribution in [3.8, 4) is 28.7 Å². The topological polar surface area (TPSA) is 183 Å². The van der Waals surface area contributed by atoms with Crippen LogP contribution in [0, 0.1) is 10.1 Å². The van der Waals surface area contributed by atoms with Gasteiger partial charge < -0.3 is 35.2 Å². The maximum atomic E-state index is 12.7. The van der Waals surface area contributed by atoms with Crippen LogP contribution in [0.3, 0.4) is 0 Å². The number of ether oxygens (including phenoxy) is 5. The van der Waals surface area contributed by atoms with Crippen LogP contribution in [0.1, 0.15) is 24.0 Å². The number of nitro groups is 1. The molecule has 0 heterocycles. The third kappa shape index (κ3) is 8.49. The zero-order chi connectivity index (χ0) is 27.4. The molecule has 0 radical (unpaired) electrons. The number of rotatable bonds is 14. The van der Waals surface area contributed by atoms with Crippen LogP contribution in [0.15, 0.2) is 35.3 Å². The molecule has 0 fully saturated rings. The number of hydrogen-bond donors (Lipinski definition) is 3. The van der Waals surface area contributed by atoms with Gasteiger partial charge in [-0.2, -0.15) is 0 Å². The van der Waals surface area contributed by atoms with Crippen molar-refractivity contribution in [1.82, 2.24) is 5.43 Å². The molecule has 0 aliphatic rings. The minimum absolute atomic E-state index is 0.0691. The first-order chi connectivity index (χ1) is 17.7. The van der Waals surface area contributed by atoms with Gasteiger partial charge in [0.05, 0.1) is 28.4 Å². The number of nitrogens with two attached hydrogens (primary N) is 2. The molecule has 1 atom stereocenters. The fourth-order valence-electron chi connectivity index (χ4n) is 3.31. The minimum atomic E-state index is -1.23. The molecule has 13 heteroatoms. The van der Waals surface area contributed by atoms with E-state index in [2.05, 4.69) is 4.99 Å². The molecule has 0 aliphatic carbocycles. The Morgan fingerprint density at radius 3 is 2.11 bits per heavy atom. The standard InChI is InChI=1S/C24H31N5O8/c1-33-18-10-9-15(7-8-16-13-20(34-2)22(36-4)21(14-16)35-3)12-19(18)37-23(30)17(28-29(31)32)6-5-11-27-24(25)26/h7-10,12-14,17,28H,5-6,11H2,1-4H3,(H4,25,26,27)/t17-/m0/s1. The number of nitrogens with one attached hydrogen (secondary N) is 1. The Hall–Kier alpha value is -4.68. The molecule has 0 amide bonds. The smallest absolute Gasteiger partial charge is 0.340 e. The highest BCUT2D eigenvalue weighted by Crippen LogP contribution is 2.38. The molecule has 13 nitrogen and oxygen atoms in total. The van der Waals surface area contributed by atoms with Crippen molar-refractivity contribution in [3.05, 3.63) is 51.6 Å². The van der Waals surface area contributed by atoms with Gasteiger partial charge in [0, 0.05) is 6.54 Å². The second-order valence-electron chi connectivity index (χ2n) is 7.51. The van der Waals surface area contributed by atoms with Gasteiger partial charge in [-0.25, -0.2) is 14.9 Å². The Labute approximate surface area is 214 Å². The molecule has 0 bridgehead atoms. The molecule has 5 N–H and O–H groups in total. The van der Waals surface area contributed by atoms with E-state index in [9.17, 15) is 14.9 Å². The van der Waals surface area contributed by atoms with E-state index in [0.717, 1.165) is 5.56 Å². The molecule has 2 rings (SSSR count). The van der Waals surface area contributed by atoms with E-state index in [1.165, 1.54) is 28.4 Å². The van der Waals surface area contributed by atoms with Gasteiger partial charge in [-0.05, 0) is 48.2 Å². The van der Waals surface area contributed by atoms with Gasteiger partial charge in [0.1, 0.15) is 0 Å². The van der Waals surface area contributed by atoms with Crippen LogP contribution >= 0.6 is 0 Å². The van der Waals surface area contributed by atoms with Crippen molar-refractivity contribution in [2.24, 2.45) is 16.5 Å². The highest BCUT2D eigenvalue weighted by atomic mass is 16.7. The molecule has 200 valence electrons. The van der Waals surface area contributed by atoms with Gasteiger partial charge in [-0.3, -0.25) is 4.99 Å². The van der Waals surface area contributed by atoms with Crippen molar-refractivity contribution >= 4 is 24.1 Å². The number of esters is 1. The Balaban J connectivity index is 2.26. The van der Waals surface area contributed by atoms with Crippen molar-refractivity contribution in [1.29, 1.82) is 0 Å². The molecule has 0 spiro atoms. The Morgan fingerprint density at radius 2 is 1.57 bits per heavy atom. The predicted molar refractivity (Wildman–Crippen MR) is 137 cm³/mol. The Kier molecular flexibility index (Phi) is 10.8. The van der Waals surface area contributed by atoms with Crippen molar-refractivity contribution in [3.63, 3.8) is 0 Å². The second kappa shape index (κ2) is 14.0. The molecule has 0 saturated carbocycles. The molecular formula is C24H31N5O8. The lowest BCUT2D eigenvalue weighted by molar-refractivity contribution is -0.548. The highest BCUT2D eigenvalue weighted by Gasteiger charge is 2.26. The largest absolute Gasteiger partial charge is 0.493 e. The molecular weight excluding hydrogens is 486 g/mol. The number of benzene rings is 2. The van der Waals surface area contributed by atoms with Crippen molar-refractivity contribution in [2.75, 3.05) is 35.0 Å². The van der Waals surface area contributed by atoms with Gasteiger partial charge in [0.2, 0.25) is 5.75 Å².